The Morgan fingerprint density at radius 3 is 2.50 bits per heavy atom. The van der Waals surface area contributed by atoms with E-state index in [1.54, 1.807) is 0 Å². The molecule has 1 N–H and O–H groups in total. The van der Waals surface area contributed by atoms with Gasteiger partial charge in [0.05, 0.1) is 0 Å². The Labute approximate surface area is 49.6 Å². The van der Waals surface area contributed by atoms with E-state index in [4.69, 9.17) is 4.78 Å². The lowest BCUT2D eigenvalue weighted by Gasteiger charge is -2.05. The molecule has 1 unspecified atom stereocenters. The molecule has 2 nitrogen and oxygen atoms in total. The van der Waals surface area contributed by atoms with Gasteiger partial charge in [0.15, 0.2) is 0 Å². The maximum atomic E-state index is 10.8. The first kappa shape index (κ1) is 5.82. The van der Waals surface area contributed by atoms with Crippen molar-refractivity contribution in [3.8, 4) is 0 Å². The van der Waals surface area contributed by atoms with Crippen molar-refractivity contribution in [2.75, 3.05) is 11.5 Å². The summed E-state index contributed by atoms with van der Waals surface area (Å²) in [5.41, 5.74) is 0. The normalized spacial score (nSPS) is 37.5. The van der Waals surface area contributed by atoms with Crippen molar-refractivity contribution in [3.63, 3.8) is 0 Å². The smallest absolute Gasteiger partial charge is 0.0496 e. The number of hydrogen-bond donors (Lipinski definition) is 1. The summed E-state index contributed by atoms with van der Waals surface area (Å²) in [6.45, 7) is 0. The second kappa shape index (κ2) is 1.90. The van der Waals surface area contributed by atoms with E-state index < -0.39 is 9.73 Å². The van der Waals surface area contributed by atoms with Gasteiger partial charge in [0, 0.05) is 21.2 Å². The van der Waals surface area contributed by atoms with Gasteiger partial charge >= 0.3 is 0 Å². The van der Waals surface area contributed by atoms with Crippen molar-refractivity contribution in [1.29, 1.82) is 4.78 Å². The van der Waals surface area contributed by atoms with E-state index in [-0.39, 0.29) is 0 Å². The van der Waals surface area contributed by atoms with Crippen LogP contribution in [0.15, 0.2) is 12.2 Å². The van der Waals surface area contributed by atoms with Crippen LogP contribution in [0.5, 0.6) is 0 Å². The Balaban J connectivity index is 2.79. The third kappa shape index (κ3) is 1.33. The first-order valence-electron chi connectivity index (χ1n) is 2.60. The Morgan fingerprint density at radius 1 is 1.50 bits per heavy atom. The molecule has 0 saturated heterocycles. The third-order valence-corrected chi connectivity index (χ3v) is 2.77. The third-order valence-electron chi connectivity index (χ3n) is 1.15. The number of hydrogen-bond acceptors (Lipinski definition) is 2. The maximum absolute atomic E-state index is 10.8. The fourth-order valence-corrected chi connectivity index (χ4v) is 1.81. The lowest BCUT2D eigenvalue weighted by atomic mass is 10.4. The molecule has 8 heavy (non-hydrogen) atoms. The average molecular weight is 131 g/mol. The van der Waals surface area contributed by atoms with Gasteiger partial charge in [-0.15, -0.1) is 0 Å². The van der Waals surface area contributed by atoms with Crippen molar-refractivity contribution in [2.45, 2.75) is 6.42 Å². The van der Waals surface area contributed by atoms with Crippen LogP contribution in [0.2, 0.25) is 0 Å². The molecule has 1 aliphatic rings. The number of allylic oxidation sites excluding steroid dienone is 1. The Bertz CT molecular complexity index is 190. The fourth-order valence-electron chi connectivity index (χ4n) is 0.683. The van der Waals surface area contributed by atoms with E-state index in [1.807, 2.05) is 12.2 Å². The van der Waals surface area contributed by atoms with Gasteiger partial charge < -0.3 is 0 Å². The fraction of sp³-hybridized carbons (Fsp3) is 0.600. The summed E-state index contributed by atoms with van der Waals surface area (Å²) in [6.07, 6.45) is 4.64. The van der Waals surface area contributed by atoms with Crippen LogP contribution >= 0.6 is 0 Å². The van der Waals surface area contributed by atoms with Crippen molar-refractivity contribution in [3.05, 3.63) is 12.2 Å². The van der Waals surface area contributed by atoms with Crippen LogP contribution in [0.1, 0.15) is 6.42 Å². The summed E-state index contributed by atoms with van der Waals surface area (Å²) in [4.78, 5) is 0. The van der Waals surface area contributed by atoms with Crippen LogP contribution < -0.4 is 0 Å². The average Bonchev–Trinajstić information content (AvgIpc) is 1.65. The largest absolute Gasteiger partial charge is 0.253 e. The first-order chi connectivity index (χ1) is 3.71. The predicted molar refractivity (Wildman–Crippen MR) is 34.4 cm³/mol. The zero-order valence-electron chi connectivity index (χ0n) is 4.59. The van der Waals surface area contributed by atoms with Gasteiger partial charge in [-0.25, -0.2) is 4.21 Å². The summed E-state index contributed by atoms with van der Waals surface area (Å²) < 4.78 is 17.9. The van der Waals surface area contributed by atoms with Crippen LogP contribution in [0.3, 0.4) is 0 Å². The summed E-state index contributed by atoms with van der Waals surface area (Å²) in [5, 5.41) is 0. The van der Waals surface area contributed by atoms with Crippen molar-refractivity contribution in [1.82, 2.24) is 0 Å². The molecule has 0 amide bonds. The second-order valence-corrected chi connectivity index (χ2v) is 4.31. The number of nitrogens with one attached hydrogen (secondary N) is 1. The van der Waals surface area contributed by atoms with Gasteiger partial charge in [0.2, 0.25) is 0 Å². The predicted octanol–water partition coefficient (Wildman–Crippen LogP) is 0.993. The molecular formula is C5H9NOS. The van der Waals surface area contributed by atoms with E-state index in [2.05, 4.69) is 0 Å². The highest BCUT2D eigenvalue weighted by molar-refractivity contribution is 7.92. The second-order valence-electron chi connectivity index (χ2n) is 1.94. The van der Waals surface area contributed by atoms with Crippen LogP contribution in [0.4, 0.5) is 0 Å². The highest BCUT2D eigenvalue weighted by atomic mass is 32.2. The summed E-state index contributed by atoms with van der Waals surface area (Å²) in [7, 11) is -2.17. The zero-order valence-corrected chi connectivity index (χ0v) is 5.41. The van der Waals surface area contributed by atoms with Crippen LogP contribution in [0, 0.1) is 4.78 Å². The molecule has 3 heteroatoms. The van der Waals surface area contributed by atoms with Crippen LogP contribution in [-0.2, 0) is 9.73 Å². The van der Waals surface area contributed by atoms with Gasteiger partial charge in [0.1, 0.15) is 0 Å². The van der Waals surface area contributed by atoms with Gasteiger partial charge in [-0.1, -0.05) is 12.2 Å². The first-order valence-corrected chi connectivity index (χ1v) is 4.49. The SMILES string of the molecule is N=S1(=O)CC=CCC1. The molecule has 0 radical (unpaired) electrons. The van der Waals surface area contributed by atoms with E-state index in [0.717, 1.165) is 6.42 Å². The Morgan fingerprint density at radius 2 is 2.25 bits per heavy atom. The number of rotatable bonds is 0. The molecule has 1 rings (SSSR count). The van der Waals surface area contributed by atoms with Crippen molar-refractivity contribution < 1.29 is 4.21 Å². The minimum Gasteiger partial charge on any atom is -0.253 e. The summed E-state index contributed by atoms with van der Waals surface area (Å²) in [6, 6.07) is 0. The molecule has 0 aromatic carbocycles. The molecular weight excluding hydrogens is 122 g/mol. The van der Waals surface area contributed by atoms with E-state index in [1.165, 1.54) is 0 Å². The quantitative estimate of drug-likeness (QED) is 0.489. The molecule has 46 valence electrons. The molecule has 0 spiro atoms. The Hall–Kier alpha value is -0.310. The minimum atomic E-state index is -2.17. The molecule has 0 saturated carbocycles. The summed E-state index contributed by atoms with van der Waals surface area (Å²) >= 11 is 0. The van der Waals surface area contributed by atoms with Crippen molar-refractivity contribution >= 4 is 9.73 Å². The molecule has 1 heterocycles. The molecule has 1 aliphatic heterocycles. The van der Waals surface area contributed by atoms with E-state index in [9.17, 15) is 4.21 Å². The molecule has 0 bridgehead atoms. The topological polar surface area (TPSA) is 40.9 Å². The Kier molecular flexibility index (Phi) is 1.38. The highest BCUT2D eigenvalue weighted by Gasteiger charge is 2.05. The maximum Gasteiger partial charge on any atom is 0.0496 e. The monoisotopic (exact) mass is 131 g/mol. The molecule has 0 aromatic heterocycles. The molecule has 1 atom stereocenters. The van der Waals surface area contributed by atoms with Gasteiger partial charge in [-0.3, -0.25) is 4.78 Å². The van der Waals surface area contributed by atoms with E-state index >= 15 is 0 Å². The van der Waals surface area contributed by atoms with Gasteiger partial charge in [-0.2, -0.15) is 0 Å². The van der Waals surface area contributed by atoms with E-state index in [0.29, 0.717) is 11.5 Å². The minimum absolute atomic E-state index is 0.465. The van der Waals surface area contributed by atoms with Crippen LogP contribution in [0.25, 0.3) is 0 Å². The molecule has 0 fully saturated rings. The summed E-state index contributed by atoms with van der Waals surface area (Å²) in [5.74, 6) is 1.02. The standard InChI is InChI=1S/C5H9NOS/c6-8(7)4-2-1-3-5-8/h1-2,6H,3-5H2. The van der Waals surface area contributed by atoms with Crippen molar-refractivity contribution in [2.24, 2.45) is 0 Å². The molecule has 0 aromatic rings. The zero-order chi connectivity index (χ0) is 6.04. The molecule has 0 aliphatic carbocycles. The van der Waals surface area contributed by atoms with Crippen LogP contribution in [-0.4, -0.2) is 15.7 Å². The lowest BCUT2D eigenvalue weighted by Crippen LogP contribution is -2.10. The van der Waals surface area contributed by atoms with Gasteiger partial charge in [0.25, 0.3) is 0 Å². The lowest BCUT2D eigenvalue weighted by molar-refractivity contribution is 0.675. The highest BCUT2D eigenvalue weighted by Crippen LogP contribution is 2.02. The van der Waals surface area contributed by atoms with Gasteiger partial charge in [-0.05, 0) is 6.42 Å².